The molecule has 2 saturated heterocycles. The van der Waals surface area contributed by atoms with E-state index in [9.17, 15) is 9.90 Å². The van der Waals surface area contributed by atoms with Gasteiger partial charge in [-0.15, -0.1) is 0 Å². The second-order valence-corrected chi connectivity index (χ2v) is 10.4. The maximum absolute atomic E-state index is 12.3. The van der Waals surface area contributed by atoms with Crippen LogP contribution in [0.25, 0.3) is 21.5 Å². The number of rotatable bonds is 25. The van der Waals surface area contributed by atoms with Crippen LogP contribution in [0, 0.1) is 0 Å². The van der Waals surface area contributed by atoms with Gasteiger partial charge in [-0.3, -0.25) is 0 Å². The number of benzene rings is 3. The van der Waals surface area contributed by atoms with Crippen LogP contribution in [0.4, 0.5) is 0 Å². The van der Waals surface area contributed by atoms with E-state index in [4.69, 9.17) is 47.4 Å². The van der Waals surface area contributed by atoms with Crippen molar-refractivity contribution in [2.75, 3.05) is 106 Å². The number of hydrogen-bond donors (Lipinski definition) is 1. The Hall–Kier alpha value is -3.07. The van der Waals surface area contributed by atoms with E-state index in [0.717, 1.165) is 24.0 Å². The molecule has 0 aliphatic carbocycles. The summed E-state index contributed by atoms with van der Waals surface area (Å²) in [6.07, 6.45) is 0.500. The Bertz CT molecular complexity index is 1340. The Kier molecular flexibility index (Phi) is 13.4. The van der Waals surface area contributed by atoms with Crippen LogP contribution in [0.2, 0.25) is 0 Å². The van der Waals surface area contributed by atoms with Gasteiger partial charge < -0.3 is 52.5 Å². The number of aromatic carboxylic acids is 1. The van der Waals surface area contributed by atoms with Gasteiger partial charge in [0.15, 0.2) is 0 Å². The molecule has 45 heavy (non-hydrogen) atoms. The topological polar surface area (TPSA) is 136 Å². The first-order valence-electron chi connectivity index (χ1n) is 15.4. The van der Waals surface area contributed by atoms with Gasteiger partial charge in [-0.25, -0.2) is 4.79 Å². The molecule has 3 aromatic rings. The smallest absolute Gasteiger partial charge is 0.336 e. The Morgan fingerprint density at radius 2 is 1.00 bits per heavy atom. The van der Waals surface area contributed by atoms with E-state index < -0.39 is 5.97 Å². The molecule has 2 atom stereocenters. The summed E-state index contributed by atoms with van der Waals surface area (Å²) in [4.78, 5) is 12.3. The zero-order chi connectivity index (χ0) is 31.1. The van der Waals surface area contributed by atoms with Crippen LogP contribution in [0.3, 0.4) is 0 Å². The number of carboxylic acid groups (broad SMARTS) is 1. The standard InChI is InChI=1S/C33H42O12/c34-33(35)29-7-3-6-28-30(29)32(43-19-17-39-11-9-37-13-15-41-21-25-23-45-25)27-5-2-1-4-26(27)31(28)42-18-16-38-10-8-36-12-14-40-20-24-22-44-24/h1-7,24-25H,8-23H2,(H,34,35). The maximum atomic E-state index is 12.3. The molecule has 246 valence electrons. The van der Waals surface area contributed by atoms with Crippen molar-refractivity contribution in [2.24, 2.45) is 0 Å². The van der Waals surface area contributed by atoms with Crippen molar-refractivity contribution in [2.45, 2.75) is 12.2 Å². The predicted octanol–water partition coefficient (Wildman–Crippen LogP) is 3.35. The highest BCUT2D eigenvalue weighted by atomic mass is 16.6. The summed E-state index contributed by atoms with van der Waals surface area (Å²) < 4.78 is 55.9. The summed E-state index contributed by atoms with van der Waals surface area (Å²) in [5, 5.41) is 12.7. The summed E-state index contributed by atoms with van der Waals surface area (Å²) in [6, 6.07) is 12.8. The normalized spacial score (nSPS) is 17.2. The molecule has 3 aromatic carbocycles. The van der Waals surface area contributed by atoms with Crippen LogP contribution in [0.1, 0.15) is 10.4 Å². The second-order valence-electron chi connectivity index (χ2n) is 10.4. The number of epoxide rings is 2. The molecule has 1 N–H and O–H groups in total. The molecule has 2 fully saturated rings. The van der Waals surface area contributed by atoms with Crippen molar-refractivity contribution in [1.29, 1.82) is 0 Å². The van der Waals surface area contributed by atoms with Gasteiger partial charge >= 0.3 is 5.97 Å². The largest absolute Gasteiger partial charge is 0.490 e. The molecule has 2 aliphatic rings. The molecule has 2 heterocycles. The quantitative estimate of drug-likeness (QED) is 0.0835. The Morgan fingerprint density at radius 1 is 0.578 bits per heavy atom. The van der Waals surface area contributed by atoms with Gasteiger partial charge in [0, 0.05) is 21.5 Å². The maximum Gasteiger partial charge on any atom is 0.336 e. The fraction of sp³-hybridized carbons (Fsp3) is 0.545. The van der Waals surface area contributed by atoms with E-state index in [2.05, 4.69) is 0 Å². The van der Waals surface area contributed by atoms with Gasteiger partial charge in [0.1, 0.15) is 36.9 Å². The Balaban J connectivity index is 1.11. The van der Waals surface area contributed by atoms with Crippen LogP contribution in [-0.2, 0) is 37.9 Å². The zero-order valence-corrected chi connectivity index (χ0v) is 25.4. The molecule has 2 unspecified atom stereocenters. The van der Waals surface area contributed by atoms with Gasteiger partial charge in [0.2, 0.25) is 0 Å². The van der Waals surface area contributed by atoms with E-state index in [1.54, 1.807) is 12.1 Å². The van der Waals surface area contributed by atoms with Gasteiger partial charge in [-0.05, 0) is 6.07 Å². The number of hydrogen-bond acceptors (Lipinski definition) is 11. The lowest BCUT2D eigenvalue weighted by Crippen LogP contribution is -2.14. The molecule has 0 saturated carbocycles. The van der Waals surface area contributed by atoms with E-state index in [0.29, 0.717) is 102 Å². The van der Waals surface area contributed by atoms with Crippen molar-refractivity contribution in [3.05, 3.63) is 48.0 Å². The SMILES string of the molecule is O=C(O)c1cccc2c(OCCOCCOCCOCC3CO3)c3ccccc3c(OCCOCCOCCOCC3CO3)c12. The Morgan fingerprint density at radius 3 is 1.49 bits per heavy atom. The van der Waals surface area contributed by atoms with Crippen molar-refractivity contribution in [1.82, 2.24) is 0 Å². The first kappa shape index (κ1) is 33.3. The van der Waals surface area contributed by atoms with Crippen molar-refractivity contribution in [3.63, 3.8) is 0 Å². The summed E-state index contributed by atoms with van der Waals surface area (Å²) in [5.41, 5.74) is 0.130. The van der Waals surface area contributed by atoms with Crippen LogP contribution >= 0.6 is 0 Å². The van der Waals surface area contributed by atoms with Gasteiger partial charge in [-0.2, -0.15) is 0 Å². The fourth-order valence-electron chi connectivity index (χ4n) is 4.67. The molecular weight excluding hydrogens is 588 g/mol. The van der Waals surface area contributed by atoms with E-state index in [1.165, 1.54) is 0 Å². The third-order valence-corrected chi connectivity index (χ3v) is 7.03. The first-order chi connectivity index (χ1) is 22.2. The average molecular weight is 631 g/mol. The van der Waals surface area contributed by atoms with Crippen LogP contribution in [-0.4, -0.2) is 129 Å². The van der Waals surface area contributed by atoms with Crippen molar-refractivity contribution >= 4 is 27.5 Å². The lowest BCUT2D eigenvalue weighted by molar-refractivity contribution is 0.00712. The van der Waals surface area contributed by atoms with E-state index in [-0.39, 0.29) is 31.0 Å². The number of ether oxygens (including phenoxy) is 10. The molecule has 0 radical (unpaired) electrons. The molecule has 12 heteroatoms. The lowest BCUT2D eigenvalue weighted by Gasteiger charge is -2.19. The minimum atomic E-state index is -1.05. The number of carboxylic acids is 1. The lowest BCUT2D eigenvalue weighted by atomic mass is 9.97. The van der Waals surface area contributed by atoms with Crippen LogP contribution in [0.5, 0.6) is 11.5 Å². The number of fused-ring (bicyclic) bond motifs is 2. The minimum absolute atomic E-state index is 0.130. The summed E-state index contributed by atoms with van der Waals surface area (Å²) in [5.74, 6) is 0.00248. The highest BCUT2D eigenvalue weighted by Crippen LogP contribution is 2.44. The molecule has 0 amide bonds. The molecule has 0 spiro atoms. The minimum Gasteiger partial charge on any atom is -0.490 e. The van der Waals surface area contributed by atoms with Crippen LogP contribution < -0.4 is 9.47 Å². The highest BCUT2D eigenvalue weighted by molar-refractivity contribution is 6.17. The Labute approximate surface area is 262 Å². The van der Waals surface area contributed by atoms with E-state index in [1.807, 2.05) is 30.3 Å². The first-order valence-corrected chi connectivity index (χ1v) is 15.4. The molecule has 12 nitrogen and oxygen atoms in total. The van der Waals surface area contributed by atoms with Crippen LogP contribution in [0.15, 0.2) is 42.5 Å². The monoisotopic (exact) mass is 630 g/mol. The van der Waals surface area contributed by atoms with Crippen molar-refractivity contribution in [3.8, 4) is 11.5 Å². The molecule has 2 aliphatic heterocycles. The predicted molar refractivity (Wildman–Crippen MR) is 164 cm³/mol. The van der Waals surface area contributed by atoms with Gasteiger partial charge in [0.25, 0.3) is 0 Å². The van der Waals surface area contributed by atoms with Gasteiger partial charge in [-0.1, -0.05) is 36.4 Å². The highest BCUT2D eigenvalue weighted by Gasteiger charge is 2.23. The number of carbonyl (C=O) groups is 1. The molecule has 5 rings (SSSR count). The molecule has 0 bridgehead atoms. The summed E-state index contributed by atoms with van der Waals surface area (Å²) >= 11 is 0. The second kappa shape index (κ2) is 18.2. The molecular formula is C33H42O12. The fourth-order valence-corrected chi connectivity index (χ4v) is 4.67. The van der Waals surface area contributed by atoms with E-state index >= 15 is 0 Å². The van der Waals surface area contributed by atoms with Gasteiger partial charge in [0.05, 0.1) is 98.1 Å². The third kappa shape index (κ3) is 10.8. The van der Waals surface area contributed by atoms with Crippen molar-refractivity contribution < 1.29 is 57.3 Å². The average Bonchev–Trinajstić information content (AvgIpc) is 3.99. The third-order valence-electron chi connectivity index (χ3n) is 7.03. The summed E-state index contributed by atoms with van der Waals surface area (Å²) in [7, 11) is 0. The summed E-state index contributed by atoms with van der Waals surface area (Å²) in [6.45, 7) is 7.68. The molecule has 0 aromatic heterocycles. The zero-order valence-electron chi connectivity index (χ0n) is 25.4.